The van der Waals surface area contributed by atoms with Crippen molar-refractivity contribution in [2.45, 2.75) is 71.6 Å². The van der Waals surface area contributed by atoms with Crippen LogP contribution in [0.3, 0.4) is 0 Å². The molecule has 0 fully saturated rings. The minimum atomic E-state index is -0.365. The Morgan fingerprint density at radius 1 is 0.548 bits per heavy atom. The van der Waals surface area contributed by atoms with Gasteiger partial charge in [0.2, 0.25) is 0 Å². The number of phenolic OH excluding ortho intramolecular Hbond substituents is 1. The van der Waals surface area contributed by atoms with E-state index in [0.717, 1.165) is 83.1 Å². The number of fused-ring (bicyclic) bond motifs is 5. The average Bonchev–Trinajstić information content (AvgIpc) is 3.83. The standard InChI is InChI=1S/C57H51N3O2/c1-55(2,3)40-33-46(52(61)47(34-40)56(4,5)6)54-59-51-43(24-17-25-48(51)60(54)42-22-13-10-14-23-42)37-28-38(30-41(29-37)57(7,8)39-20-11-9-12-21-39)50-53-44(26-27-58-50)45-31-35-18-15-16-19-36(35)32-49(45)62-53/h9-34,61H,1-8H3. The maximum absolute atomic E-state index is 12.3. The number of rotatable bonds is 6. The predicted octanol–water partition coefficient (Wildman–Crippen LogP) is 15.1. The third-order valence-corrected chi connectivity index (χ3v) is 12.7. The molecular formula is C57H51N3O2. The summed E-state index contributed by atoms with van der Waals surface area (Å²) in [6.07, 6.45) is 1.90. The summed E-state index contributed by atoms with van der Waals surface area (Å²) in [5.41, 5.74) is 12.4. The van der Waals surface area contributed by atoms with Crippen molar-refractivity contribution in [3.05, 3.63) is 180 Å². The van der Waals surface area contributed by atoms with E-state index in [9.17, 15) is 5.11 Å². The topological polar surface area (TPSA) is 64.1 Å². The molecule has 62 heavy (non-hydrogen) atoms. The van der Waals surface area contributed by atoms with Crippen LogP contribution in [0.1, 0.15) is 77.6 Å². The first kappa shape index (κ1) is 39.2. The number of imidazole rings is 1. The molecule has 0 saturated carbocycles. The lowest BCUT2D eigenvalue weighted by atomic mass is 9.76. The van der Waals surface area contributed by atoms with Crippen molar-refractivity contribution in [3.8, 4) is 45.2 Å². The molecule has 0 aliphatic rings. The second-order valence-electron chi connectivity index (χ2n) is 19.3. The molecule has 0 radical (unpaired) electrons. The maximum Gasteiger partial charge on any atom is 0.161 e. The Hall–Kier alpha value is -6.98. The lowest BCUT2D eigenvalue weighted by Crippen LogP contribution is -2.19. The molecular weight excluding hydrogens is 759 g/mol. The van der Waals surface area contributed by atoms with Gasteiger partial charge in [-0.05, 0) is 98.5 Å². The van der Waals surface area contributed by atoms with Crippen LogP contribution in [-0.4, -0.2) is 19.6 Å². The van der Waals surface area contributed by atoms with Crippen LogP contribution in [0.15, 0.2) is 162 Å². The molecule has 0 bridgehead atoms. The van der Waals surface area contributed by atoms with Gasteiger partial charge in [0.15, 0.2) is 5.58 Å². The highest BCUT2D eigenvalue weighted by atomic mass is 16.3. The van der Waals surface area contributed by atoms with Gasteiger partial charge in [-0.25, -0.2) is 4.98 Å². The minimum absolute atomic E-state index is 0.163. The Bertz CT molecular complexity index is 3340. The first-order valence-corrected chi connectivity index (χ1v) is 21.5. The first-order chi connectivity index (χ1) is 29.7. The van der Waals surface area contributed by atoms with E-state index in [2.05, 4.69) is 206 Å². The first-order valence-electron chi connectivity index (χ1n) is 21.5. The van der Waals surface area contributed by atoms with Gasteiger partial charge >= 0.3 is 0 Å². The number of nitrogens with zero attached hydrogens (tertiary/aromatic N) is 3. The highest BCUT2D eigenvalue weighted by Gasteiger charge is 2.30. The molecule has 1 N–H and O–H groups in total. The normalized spacial score (nSPS) is 12.6. The van der Waals surface area contributed by atoms with Crippen molar-refractivity contribution in [2.75, 3.05) is 0 Å². The number of hydrogen-bond acceptors (Lipinski definition) is 4. The number of para-hydroxylation sites is 2. The molecule has 306 valence electrons. The average molecular weight is 810 g/mol. The van der Waals surface area contributed by atoms with Crippen molar-refractivity contribution >= 4 is 43.7 Å². The van der Waals surface area contributed by atoms with Crippen molar-refractivity contribution in [1.29, 1.82) is 0 Å². The van der Waals surface area contributed by atoms with Crippen LogP contribution in [0.5, 0.6) is 5.75 Å². The molecule has 0 spiro atoms. The Kier molecular flexibility index (Phi) is 9.04. The molecule has 0 unspecified atom stereocenters. The van der Waals surface area contributed by atoms with E-state index in [4.69, 9.17) is 14.4 Å². The van der Waals surface area contributed by atoms with Crippen LogP contribution in [0.2, 0.25) is 0 Å². The van der Waals surface area contributed by atoms with E-state index >= 15 is 0 Å². The second-order valence-corrected chi connectivity index (χ2v) is 19.3. The molecule has 0 atom stereocenters. The number of phenols is 1. The Balaban J connectivity index is 1.26. The van der Waals surface area contributed by atoms with E-state index in [1.54, 1.807) is 0 Å². The van der Waals surface area contributed by atoms with Gasteiger partial charge < -0.3 is 9.52 Å². The van der Waals surface area contributed by atoms with Gasteiger partial charge in [-0.1, -0.05) is 152 Å². The lowest BCUT2D eigenvalue weighted by Gasteiger charge is -2.27. The molecule has 0 amide bonds. The Morgan fingerprint density at radius 2 is 1.23 bits per heavy atom. The van der Waals surface area contributed by atoms with Crippen molar-refractivity contribution in [1.82, 2.24) is 14.5 Å². The van der Waals surface area contributed by atoms with Gasteiger partial charge in [0.25, 0.3) is 0 Å². The van der Waals surface area contributed by atoms with Crippen LogP contribution in [0.4, 0.5) is 0 Å². The number of aromatic hydroxyl groups is 1. The van der Waals surface area contributed by atoms with Crippen molar-refractivity contribution in [3.63, 3.8) is 0 Å². The van der Waals surface area contributed by atoms with Crippen LogP contribution < -0.4 is 0 Å². The molecule has 5 nitrogen and oxygen atoms in total. The molecule has 3 heterocycles. The van der Waals surface area contributed by atoms with Gasteiger partial charge in [-0.15, -0.1) is 0 Å². The number of hydrogen-bond donors (Lipinski definition) is 1. The van der Waals surface area contributed by atoms with E-state index in [1.807, 2.05) is 12.3 Å². The number of aromatic nitrogens is 3. The lowest BCUT2D eigenvalue weighted by molar-refractivity contribution is 0.446. The summed E-state index contributed by atoms with van der Waals surface area (Å²) in [6.45, 7) is 17.7. The quantitative estimate of drug-likeness (QED) is 0.182. The number of benzene rings is 7. The zero-order chi connectivity index (χ0) is 43.1. The summed E-state index contributed by atoms with van der Waals surface area (Å²) >= 11 is 0. The summed E-state index contributed by atoms with van der Waals surface area (Å²) in [4.78, 5) is 10.6. The summed E-state index contributed by atoms with van der Waals surface area (Å²) < 4.78 is 8.97. The van der Waals surface area contributed by atoms with Crippen LogP contribution in [0, 0.1) is 0 Å². The van der Waals surface area contributed by atoms with Gasteiger partial charge in [0.1, 0.15) is 22.9 Å². The molecule has 0 saturated heterocycles. The molecule has 0 aliphatic carbocycles. The van der Waals surface area contributed by atoms with Crippen LogP contribution in [0.25, 0.3) is 83.2 Å². The molecule has 7 aromatic carbocycles. The fourth-order valence-corrected chi connectivity index (χ4v) is 9.06. The fourth-order valence-electron chi connectivity index (χ4n) is 9.06. The van der Waals surface area contributed by atoms with Crippen LogP contribution in [-0.2, 0) is 16.2 Å². The molecule has 10 aromatic rings. The molecule has 0 aliphatic heterocycles. The van der Waals surface area contributed by atoms with Gasteiger partial charge in [0, 0.05) is 44.8 Å². The van der Waals surface area contributed by atoms with Gasteiger partial charge in [-0.3, -0.25) is 9.55 Å². The maximum atomic E-state index is 12.3. The summed E-state index contributed by atoms with van der Waals surface area (Å²) in [6, 6.07) is 53.4. The van der Waals surface area contributed by atoms with E-state index < -0.39 is 0 Å². The van der Waals surface area contributed by atoms with Crippen LogP contribution >= 0.6 is 0 Å². The van der Waals surface area contributed by atoms with Gasteiger partial charge in [0.05, 0.1) is 16.6 Å². The van der Waals surface area contributed by atoms with Crippen molar-refractivity contribution < 1.29 is 9.52 Å². The smallest absolute Gasteiger partial charge is 0.161 e. The van der Waals surface area contributed by atoms with Crippen molar-refractivity contribution in [2.24, 2.45) is 0 Å². The predicted molar refractivity (Wildman–Crippen MR) is 258 cm³/mol. The number of pyridine rings is 1. The van der Waals surface area contributed by atoms with Gasteiger partial charge in [-0.2, -0.15) is 0 Å². The summed E-state index contributed by atoms with van der Waals surface area (Å²) in [7, 11) is 0. The Labute approximate surface area is 363 Å². The third kappa shape index (κ3) is 6.55. The Morgan fingerprint density at radius 3 is 1.94 bits per heavy atom. The SMILES string of the molecule is CC(C)(C)c1cc(-c2nc3c(-c4cc(-c5nccc6c5oc5cc7ccccc7cc56)cc(C(C)(C)c5ccccc5)c4)cccc3n2-c2ccccc2)c(O)c(C(C)(C)C)c1. The summed E-state index contributed by atoms with van der Waals surface area (Å²) in [5.74, 6) is 0.946. The fraction of sp³-hybridized carbons (Fsp3) is 0.193. The monoisotopic (exact) mass is 809 g/mol. The third-order valence-electron chi connectivity index (χ3n) is 12.7. The molecule has 3 aromatic heterocycles. The molecule has 5 heteroatoms. The highest BCUT2D eigenvalue weighted by molar-refractivity contribution is 6.12. The molecule has 10 rings (SSSR count). The summed E-state index contributed by atoms with van der Waals surface area (Å²) in [5, 5.41) is 16.7. The van der Waals surface area contributed by atoms with E-state index in [1.165, 1.54) is 10.9 Å². The minimum Gasteiger partial charge on any atom is -0.507 e. The largest absolute Gasteiger partial charge is 0.507 e. The number of furan rings is 1. The van der Waals surface area contributed by atoms with E-state index in [0.29, 0.717) is 11.4 Å². The highest BCUT2D eigenvalue weighted by Crippen LogP contribution is 2.46. The van der Waals surface area contributed by atoms with E-state index in [-0.39, 0.29) is 22.0 Å². The zero-order valence-corrected chi connectivity index (χ0v) is 36.7. The zero-order valence-electron chi connectivity index (χ0n) is 36.7. The second kappa shape index (κ2) is 14.3.